The zero-order valence-electron chi connectivity index (χ0n) is 39.8. The van der Waals surface area contributed by atoms with E-state index in [9.17, 15) is 57.0 Å². The quantitative estimate of drug-likeness (QED) is 0.0435. The van der Waals surface area contributed by atoms with Crippen LogP contribution in [0, 0.1) is 34.6 Å². The van der Waals surface area contributed by atoms with Crippen LogP contribution < -0.4 is 5.32 Å². The molecule has 384 valence electrons. The minimum Gasteiger partial charge on any atom is -0.505 e. The van der Waals surface area contributed by atoms with Crippen molar-refractivity contribution in [1.82, 2.24) is 0 Å². The topological polar surface area (TPSA) is 349 Å². The molecule has 0 aromatic heterocycles. The molecule has 0 unspecified atom stereocenters. The molecule has 0 fully saturated rings. The lowest BCUT2D eigenvalue weighted by Gasteiger charge is -2.12. The van der Waals surface area contributed by atoms with Crippen LogP contribution >= 0.6 is 0 Å². The molecule has 8 rings (SSSR count). The summed E-state index contributed by atoms with van der Waals surface area (Å²) in [5.41, 5.74) is 5.91. The van der Waals surface area contributed by atoms with Gasteiger partial charge in [0, 0.05) is 22.1 Å². The maximum Gasteiger partial charge on any atom is 0.296 e. The van der Waals surface area contributed by atoms with Crippen LogP contribution in [0.4, 0.5) is 56.9 Å². The van der Waals surface area contributed by atoms with Gasteiger partial charge in [-0.3, -0.25) is 18.2 Å². The van der Waals surface area contributed by atoms with E-state index in [2.05, 4.69) is 46.2 Å². The van der Waals surface area contributed by atoms with Crippen molar-refractivity contribution in [3.05, 3.63) is 149 Å². The van der Waals surface area contributed by atoms with Crippen molar-refractivity contribution in [1.29, 1.82) is 0 Å². The highest BCUT2D eigenvalue weighted by atomic mass is 32.2. The molecular weight excluding hydrogens is 1050 g/mol. The lowest BCUT2D eigenvalue weighted by Crippen LogP contribution is -2.05. The normalized spacial score (nSPS) is 12.9. The van der Waals surface area contributed by atoms with Crippen molar-refractivity contribution in [2.75, 3.05) is 5.32 Å². The average Bonchev–Trinajstić information content (AvgIpc) is 3.32. The van der Waals surface area contributed by atoms with Crippen molar-refractivity contribution < 1.29 is 57.0 Å². The number of para-hydroxylation sites is 1. The number of hydrogen-bond acceptors (Lipinski definition) is 18. The highest BCUT2D eigenvalue weighted by molar-refractivity contribution is 7.87. The Bertz CT molecular complexity index is 4260. The van der Waals surface area contributed by atoms with Gasteiger partial charge in [-0.1, -0.05) is 18.2 Å². The number of fused-ring (bicyclic) bond motifs is 2. The van der Waals surface area contributed by atoms with Crippen LogP contribution in [0.15, 0.2) is 182 Å². The molecule has 0 aliphatic carbocycles. The smallest absolute Gasteiger partial charge is 0.296 e. The van der Waals surface area contributed by atoms with Gasteiger partial charge in [-0.05, 0) is 176 Å². The third-order valence-corrected chi connectivity index (χ3v) is 14.9. The Balaban J connectivity index is 0.991. The second kappa shape index (κ2) is 20.3. The van der Waals surface area contributed by atoms with Crippen molar-refractivity contribution in [2.24, 2.45) is 40.9 Å². The molecule has 0 saturated carbocycles. The minimum atomic E-state index is -5.15. The number of aryl methyl sites for hydroxylation is 5. The van der Waals surface area contributed by atoms with E-state index in [0.29, 0.717) is 79.5 Å². The predicted molar refractivity (Wildman–Crippen MR) is 278 cm³/mol. The average molecular weight is 1090 g/mol. The summed E-state index contributed by atoms with van der Waals surface area (Å²) in [5, 5.41) is 48.3. The van der Waals surface area contributed by atoms with Crippen molar-refractivity contribution in [2.45, 2.75) is 54.2 Å². The van der Waals surface area contributed by atoms with E-state index >= 15 is 0 Å². The monoisotopic (exact) mass is 1090 g/mol. The summed E-state index contributed by atoms with van der Waals surface area (Å²) >= 11 is 0. The van der Waals surface area contributed by atoms with Crippen LogP contribution in [-0.2, 0) is 40.5 Å². The van der Waals surface area contributed by atoms with Crippen LogP contribution in [0.25, 0.3) is 21.5 Å². The van der Waals surface area contributed by atoms with Gasteiger partial charge >= 0.3 is 0 Å². The maximum atomic E-state index is 12.6. The Labute approximate surface area is 429 Å². The molecule has 0 aliphatic heterocycles. The fourth-order valence-electron chi connectivity index (χ4n) is 7.77. The Kier molecular flexibility index (Phi) is 14.4. The summed E-state index contributed by atoms with van der Waals surface area (Å²) in [6.07, 6.45) is 0. The molecule has 0 radical (unpaired) electrons. The second-order valence-electron chi connectivity index (χ2n) is 17.0. The van der Waals surface area contributed by atoms with Crippen LogP contribution in [0.1, 0.15) is 27.8 Å². The van der Waals surface area contributed by atoms with Gasteiger partial charge in [-0.25, -0.2) is 0 Å². The van der Waals surface area contributed by atoms with Gasteiger partial charge < -0.3 is 10.4 Å². The van der Waals surface area contributed by atoms with Crippen LogP contribution in [0.2, 0.25) is 0 Å². The summed E-state index contributed by atoms with van der Waals surface area (Å²) in [4.78, 5) is -3.48. The van der Waals surface area contributed by atoms with E-state index in [4.69, 9.17) is 0 Å². The predicted octanol–water partition coefficient (Wildman–Crippen LogP) is 13.6. The lowest BCUT2D eigenvalue weighted by atomic mass is 10.1. The number of phenolic OH excluding ortho intramolecular Hbond substituents is 1. The van der Waals surface area contributed by atoms with Crippen molar-refractivity contribution in [3.63, 3.8) is 0 Å². The largest absolute Gasteiger partial charge is 0.505 e. The molecule has 26 heteroatoms. The van der Waals surface area contributed by atoms with E-state index < -0.39 is 88.0 Å². The molecule has 0 atom stereocenters. The number of hydrogen-bond donors (Lipinski definition) is 6. The van der Waals surface area contributed by atoms with E-state index in [1.54, 1.807) is 95.3 Å². The van der Waals surface area contributed by atoms with Gasteiger partial charge in [-0.2, -0.15) is 59.2 Å². The summed E-state index contributed by atoms with van der Waals surface area (Å²) in [5.74, 6) is -0.490. The number of rotatable bonds is 14. The lowest BCUT2D eigenvalue weighted by molar-refractivity contribution is 0.472. The highest BCUT2D eigenvalue weighted by Gasteiger charge is 2.26. The van der Waals surface area contributed by atoms with Gasteiger partial charge in [0.2, 0.25) is 0 Å². The molecule has 0 spiro atoms. The zero-order chi connectivity index (χ0) is 54.4. The molecule has 0 amide bonds. The van der Waals surface area contributed by atoms with Gasteiger partial charge in [0.1, 0.15) is 26.1 Å². The molecule has 75 heavy (non-hydrogen) atoms. The molecular formula is C49H41N9O13S4. The SMILES string of the molecule is Cc1cc(N=Nc2c(S(=O)(=O)O)cc3cc(Nc4ccccc4)ccc3c2O)c(C)cc1N=Nc1ccc(N=Nc2c(C)cc(N=Nc3cc4c(S(=O)(=O)O)cc(S(=O)(=O)O)cc4cc3S(=O)(=O)O)cc2C)c(C)c1. The summed E-state index contributed by atoms with van der Waals surface area (Å²) < 4.78 is 137. The molecule has 6 N–H and O–H groups in total. The van der Waals surface area contributed by atoms with Crippen LogP contribution in [-0.4, -0.2) is 57.0 Å². The van der Waals surface area contributed by atoms with E-state index in [0.717, 1.165) is 17.8 Å². The molecule has 0 heterocycles. The highest BCUT2D eigenvalue weighted by Crippen LogP contribution is 2.44. The first-order valence-electron chi connectivity index (χ1n) is 21.8. The zero-order valence-corrected chi connectivity index (χ0v) is 43.0. The Morgan fingerprint density at radius 2 is 0.893 bits per heavy atom. The molecule has 0 aliphatic rings. The van der Waals surface area contributed by atoms with Gasteiger partial charge in [-0.15, -0.1) is 15.3 Å². The van der Waals surface area contributed by atoms with Gasteiger partial charge in [0.15, 0.2) is 5.75 Å². The first-order valence-corrected chi connectivity index (χ1v) is 27.5. The van der Waals surface area contributed by atoms with Crippen LogP contribution in [0.3, 0.4) is 0 Å². The summed E-state index contributed by atoms with van der Waals surface area (Å²) in [6, 6.07) is 29.8. The number of phenols is 1. The molecule has 8 aromatic rings. The maximum absolute atomic E-state index is 12.6. The van der Waals surface area contributed by atoms with Gasteiger partial charge in [0.25, 0.3) is 40.5 Å². The number of azo groups is 4. The van der Waals surface area contributed by atoms with E-state index in [-0.39, 0.29) is 11.1 Å². The first kappa shape index (κ1) is 53.2. The fourth-order valence-corrected chi connectivity index (χ4v) is 10.4. The first-order chi connectivity index (χ1) is 35.1. The third kappa shape index (κ3) is 12.0. The third-order valence-electron chi connectivity index (χ3n) is 11.4. The van der Waals surface area contributed by atoms with Crippen LogP contribution in [0.5, 0.6) is 5.75 Å². The Morgan fingerprint density at radius 3 is 1.49 bits per heavy atom. The number of aromatic hydroxyl groups is 1. The summed E-state index contributed by atoms with van der Waals surface area (Å²) in [7, 11) is -20.1. The fraction of sp³-hybridized carbons (Fsp3) is 0.102. The Morgan fingerprint density at radius 1 is 0.373 bits per heavy atom. The van der Waals surface area contributed by atoms with Crippen molar-refractivity contribution >= 4 is 119 Å². The molecule has 8 aromatic carbocycles. The number of anilines is 2. The number of benzene rings is 8. The summed E-state index contributed by atoms with van der Waals surface area (Å²) in [6.45, 7) is 8.71. The molecule has 0 bridgehead atoms. The second-order valence-corrected chi connectivity index (χ2v) is 22.6. The minimum absolute atomic E-state index is 0.180. The van der Waals surface area contributed by atoms with Gasteiger partial charge in [0.05, 0.1) is 39.0 Å². The molecule has 0 saturated heterocycles. The standard InChI is InChI=1S/C49H41N9O13S4/c1-26-15-35(51-54-41-18-28(3)42(19-27(41)2)55-58-48-46(75(69,70)71)23-31-20-34(11-13-38(31)49(48)59)50-33-9-7-6-8-10-33)12-14-40(26)53-57-47-29(4)16-36(17-30(47)5)52-56-43-25-39-32(22-45(43)74(66,67)68)21-37(72(60,61)62)24-44(39)73(63,64)65/h6-25,50,59H,1-5H3,(H,60,61,62)(H,63,64,65)(H,66,67,68)(H,69,70,71). The van der Waals surface area contributed by atoms with E-state index in [1.165, 1.54) is 6.07 Å². The number of nitrogens with one attached hydrogen (secondary N) is 1. The number of nitrogens with zero attached hydrogens (tertiary/aromatic N) is 8. The van der Waals surface area contributed by atoms with E-state index in [1.807, 2.05) is 30.3 Å². The molecule has 22 nitrogen and oxygen atoms in total. The Hall–Kier alpha value is -8.08. The van der Waals surface area contributed by atoms with Crippen molar-refractivity contribution in [3.8, 4) is 5.75 Å².